The van der Waals surface area contributed by atoms with Crippen LogP contribution in [0.15, 0.2) is 0 Å². The highest BCUT2D eigenvalue weighted by molar-refractivity contribution is 5.78. The first-order valence-electron chi connectivity index (χ1n) is 4.97. The summed E-state index contributed by atoms with van der Waals surface area (Å²) in [6.07, 6.45) is 5.36. The quantitative estimate of drug-likeness (QED) is 0.655. The fourth-order valence-electron chi connectivity index (χ4n) is 1.66. The SMILES string of the molecule is CC(=O)CCCC[C@H]1CCC(=O)N1. The van der Waals surface area contributed by atoms with Gasteiger partial charge in [0.25, 0.3) is 0 Å². The van der Waals surface area contributed by atoms with Crippen molar-refractivity contribution in [1.82, 2.24) is 5.32 Å². The lowest BCUT2D eigenvalue weighted by Gasteiger charge is -2.08. The number of ketones is 1. The van der Waals surface area contributed by atoms with Crippen molar-refractivity contribution in [2.45, 2.75) is 51.5 Å². The lowest BCUT2D eigenvalue weighted by molar-refractivity contribution is -0.119. The third kappa shape index (κ3) is 4.06. The highest BCUT2D eigenvalue weighted by Gasteiger charge is 2.19. The number of Topliss-reactive ketones (excluding diaryl/α,β-unsaturated/α-hetero) is 1. The van der Waals surface area contributed by atoms with Gasteiger partial charge in [0.1, 0.15) is 5.78 Å². The molecule has 74 valence electrons. The number of nitrogens with one attached hydrogen (secondary N) is 1. The molecule has 0 aliphatic carbocycles. The molecule has 3 heteroatoms. The van der Waals surface area contributed by atoms with E-state index in [-0.39, 0.29) is 11.7 Å². The lowest BCUT2D eigenvalue weighted by Crippen LogP contribution is -2.24. The maximum absolute atomic E-state index is 10.8. The second-order valence-electron chi connectivity index (χ2n) is 3.75. The van der Waals surface area contributed by atoms with Gasteiger partial charge in [-0.05, 0) is 26.2 Å². The molecule has 0 spiro atoms. The zero-order valence-corrected chi connectivity index (χ0v) is 8.14. The fourth-order valence-corrected chi connectivity index (χ4v) is 1.66. The number of hydrogen-bond donors (Lipinski definition) is 1. The van der Waals surface area contributed by atoms with E-state index in [1.165, 1.54) is 0 Å². The Kier molecular flexibility index (Phi) is 3.93. The molecule has 3 nitrogen and oxygen atoms in total. The zero-order chi connectivity index (χ0) is 9.68. The molecule has 1 atom stereocenters. The van der Waals surface area contributed by atoms with Gasteiger partial charge in [-0.2, -0.15) is 0 Å². The van der Waals surface area contributed by atoms with Crippen LogP contribution in [0.1, 0.15) is 45.4 Å². The normalized spacial score (nSPS) is 21.6. The number of hydrogen-bond acceptors (Lipinski definition) is 2. The summed E-state index contributed by atoms with van der Waals surface area (Å²) >= 11 is 0. The number of unbranched alkanes of at least 4 members (excludes halogenated alkanes) is 1. The molecule has 1 rings (SSSR count). The fraction of sp³-hybridized carbons (Fsp3) is 0.800. The average Bonchev–Trinajstić information content (AvgIpc) is 2.45. The van der Waals surface area contributed by atoms with E-state index in [2.05, 4.69) is 5.32 Å². The summed E-state index contributed by atoms with van der Waals surface area (Å²) in [6.45, 7) is 1.62. The Balaban J connectivity index is 2.00. The Labute approximate surface area is 78.9 Å². The van der Waals surface area contributed by atoms with Crippen LogP contribution >= 0.6 is 0 Å². The van der Waals surface area contributed by atoms with E-state index in [1.54, 1.807) is 6.92 Å². The Morgan fingerprint density at radius 1 is 1.54 bits per heavy atom. The van der Waals surface area contributed by atoms with Crippen molar-refractivity contribution in [2.75, 3.05) is 0 Å². The third-order valence-corrected chi connectivity index (χ3v) is 2.42. The van der Waals surface area contributed by atoms with Gasteiger partial charge in [0.2, 0.25) is 5.91 Å². The van der Waals surface area contributed by atoms with Gasteiger partial charge in [-0.1, -0.05) is 6.42 Å². The minimum atomic E-state index is 0.177. The molecule has 0 unspecified atom stereocenters. The summed E-state index contributed by atoms with van der Waals surface area (Å²) in [5, 5.41) is 2.92. The van der Waals surface area contributed by atoms with Gasteiger partial charge < -0.3 is 10.1 Å². The molecule has 0 saturated carbocycles. The Morgan fingerprint density at radius 2 is 2.31 bits per heavy atom. The first kappa shape index (κ1) is 10.2. The predicted octanol–water partition coefficient (Wildman–Crippen LogP) is 1.41. The molecule has 0 bridgehead atoms. The van der Waals surface area contributed by atoms with Crippen LogP contribution in [0, 0.1) is 0 Å². The minimum absolute atomic E-state index is 0.177. The summed E-state index contributed by atoms with van der Waals surface area (Å²) in [5.41, 5.74) is 0. The zero-order valence-electron chi connectivity index (χ0n) is 8.14. The summed E-state index contributed by atoms with van der Waals surface area (Å²) in [4.78, 5) is 21.5. The van der Waals surface area contributed by atoms with E-state index >= 15 is 0 Å². The average molecular weight is 183 g/mol. The molecule has 1 saturated heterocycles. The molecule has 0 aromatic carbocycles. The van der Waals surface area contributed by atoms with Gasteiger partial charge in [0.05, 0.1) is 0 Å². The lowest BCUT2D eigenvalue weighted by atomic mass is 10.1. The molecule has 13 heavy (non-hydrogen) atoms. The maximum atomic E-state index is 10.8. The summed E-state index contributed by atoms with van der Waals surface area (Å²) in [5.74, 6) is 0.437. The first-order chi connectivity index (χ1) is 6.18. The van der Waals surface area contributed by atoms with Crippen molar-refractivity contribution in [3.05, 3.63) is 0 Å². The predicted molar refractivity (Wildman–Crippen MR) is 50.3 cm³/mol. The summed E-state index contributed by atoms with van der Waals surface area (Å²) < 4.78 is 0. The molecule has 1 aliphatic rings. The summed E-state index contributed by atoms with van der Waals surface area (Å²) in [7, 11) is 0. The van der Waals surface area contributed by atoms with Gasteiger partial charge in [-0.15, -0.1) is 0 Å². The van der Waals surface area contributed by atoms with Crippen LogP contribution in [0.5, 0.6) is 0 Å². The molecular weight excluding hydrogens is 166 g/mol. The Morgan fingerprint density at radius 3 is 2.85 bits per heavy atom. The standard InChI is InChI=1S/C10H17NO2/c1-8(12)4-2-3-5-9-6-7-10(13)11-9/h9H,2-7H2,1H3,(H,11,13)/t9-/m0/s1. The van der Waals surface area contributed by atoms with Crippen molar-refractivity contribution in [2.24, 2.45) is 0 Å². The molecule has 1 fully saturated rings. The van der Waals surface area contributed by atoms with Crippen LogP contribution in [0.25, 0.3) is 0 Å². The smallest absolute Gasteiger partial charge is 0.220 e. The monoisotopic (exact) mass is 183 g/mol. The van der Waals surface area contributed by atoms with Gasteiger partial charge in [-0.3, -0.25) is 4.79 Å². The number of carbonyl (C=O) groups excluding carboxylic acids is 2. The van der Waals surface area contributed by atoms with E-state index in [4.69, 9.17) is 0 Å². The van der Waals surface area contributed by atoms with Gasteiger partial charge in [0.15, 0.2) is 0 Å². The first-order valence-corrected chi connectivity index (χ1v) is 4.97. The van der Waals surface area contributed by atoms with E-state index < -0.39 is 0 Å². The highest BCUT2D eigenvalue weighted by Crippen LogP contribution is 2.13. The van der Waals surface area contributed by atoms with Gasteiger partial charge in [-0.25, -0.2) is 0 Å². The largest absolute Gasteiger partial charge is 0.353 e. The number of rotatable bonds is 5. The highest BCUT2D eigenvalue weighted by atomic mass is 16.2. The molecule has 0 aromatic rings. The Hall–Kier alpha value is -0.860. The van der Waals surface area contributed by atoms with Gasteiger partial charge >= 0.3 is 0 Å². The topological polar surface area (TPSA) is 46.2 Å². The molecule has 1 heterocycles. The van der Waals surface area contributed by atoms with Crippen molar-refractivity contribution < 1.29 is 9.59 Å². The van der Waals surface area contributed by atoms with E-state index in [9.17, 15) is 9.59 Å². The molecule has 1 N–H and O–H groups in total. The molecule has 1 amide bonds. The van der Waals surface area contributed by atoms with E-state index in [1.807, 2.05) is 0 Å². The van der Waals surface area contributed by atoms with Crippen LogP contribution < -0.4 is 5.32 Å². The van der Waals surface area contributed by atoms with Gasteiger partial charge in [0, 0.05) is 18.9 Å². The maximum Gasteiger partial charge on any atom is 0.220 e. The van der Waals surface area contributed by atoms with E-state index in [0.717, 1.165) is 25.7 Å². The van der Waals surface area contributed by atoms with Crippen molar-refractivity contribution >= 4 is 11.7 Å². The molecule has 0 aromatic heterocycles. The number of carbonyl (C=O) groups is 2. The number of amides is 1. The second kappa shape index (κ2) is 5.00. The third-order valence-electron chi connectivity index (χ3n) is 2.42. The summed E-state index contributed by atoms with van der Waals surface area (Å²) in [6, 6.07) is 0.374. The van der Waals surface area contributed by atoms with Crippen LogP contribution in [0.2, 0.25) is 0 Å². The molecular formula is C10H17NO2. The van der Waals surface area contributed by atoms with E-state index in [0.29, 0.717) is 18.9 Å². The van der Waals surface area contributed by atoms with Crippen LogP contribution in [-0.2, 0) is 9.59 Å². The molecule has 0 radical (unpaired) electrons. The van der Waals surface area contributed by atoms with Crippen molar-refractivity contribution in [3.8, 4) is 0 Å². The van der Waals surface area contributed by atoms with Crippen LogP contribution in [0.3, 0.4) is 0 Å². The van der Waals surface area contributed by atoms with Crippen molar-refractivity contribution in [3.63, 3.8) is 0 Å². The minimum Gasteiger partial charge on any atom is -0.353 e. The van der Waals surface area contributed by atoms with Crippen molar-refractivity contribution in [1.29, 1.82) is 0 Å². The molecule has 1 aliphatic heterocycles. The Bertz CT molecular complexity index is 201. The van der Waals surface area contributed by atoms with Crippen LogP contribution in [0.4, 0.5) is 0 Å². The van der Waals surface area contributed by atoms with Crippen LogP contribution in [-0.4, -0.2) is 17.7 Å². The second-order valence-corrected chi connectivity index (χ2v) is 3.75.